The van der Waals surface area contributed by atoms with Crippen molar-refractivity contribution in [1.29, 1.82) is 0 Å². The van der Waals surface area contributed by atoms with Gasteiger partial charge in [0.1, 0.15) is 0 Å². The van der Waals surface area contributed by atoms with E-state index in [9.17, 15) is 0 Å². The molecule has 0 amide bonds. The molecule has 0 radical (unpaired) electrons. The summed E-state index contributed by atoms with van der Waals surface area (Å²) in [6.07, 6.45) is 0. The van der Waals surface area contributed by atoms with Crippen LogP contribution in [0.15, 0.2) is 0 Å². The molecule has 0 unspecified atom stereocenters. The van der Waals surface area contributed by atoms with Crippen LogP contribution in [0.5, 0.6) is 0 Å². The van der Waals surface area contributed by atoms with Gasteiger partial charge in [-0.2, -0.15) is 0 Å². The fourth-order valence-corrected chi connectivity index (χ4v) is 0. The molecule has 0 aliphatic rings. The molecule has 0 atom stereocenters. The first-order chi connectivity index (χ1) is 4.24. The zero-order chi connectivity index (χ0) is 8.12. The minimum absolute atomic E-state index is 0.757. The van der Waals surface area contributed by atoms with Gasteiger partial charge in [0, 0.05) is 0 Å². The van der Waals surface area contributed by atoms with E-state index in [4.69, 9.17) is 0 Å². The predicted molar refractivity (Wildman–Crippen MR) is 17.3 cm³/mol. The second-order valence-corrected chi connectivity index (χ2v) is 5.33. The molecule has 0 aliphatic carbocycles. The molecule has 0 aromatic heterocycles. The molecule has 75 valence electrons. The SMILES string of the molecule is [ClH+][Cu][ClH+].[ClH+][Cu][ClH+].[Cl][Cu][Cl]. The maximum absolute atomic E-state index is 4.67. The fourth-order valence-electron chi connectivity index (χ4n) is 0. The topological polar surface area (TPSA) is 0 Å². The molecule has 0 aromatic carbocycles. The Labute approximate surface area is 98.4 Å². The van der Waals surface area contributed by atoms with Crippen molar-refractivity contribution in [2.75, 3.05) is 0 Å². The number of hydrogen-bond donors (Lipinski definition) is 0. The molecule has 0 aliphatic heterocycles. The molecule has 0 spiro atoms. The number of rotatable bonds is 0. The zero-order valence-corrected chi connectivity index (χ0v) is 10.9. The van der Waals surface area contributed by atoms with E-state index in [1.807, 2.05) is 0 Å². The van der Waals surface area contributed by atoms with Gasteiger partial charge in [0.2, 0.25) is 0 Å². The van der Waals surface area contributed by atoms with Gasteiger partial charge in [-0.3, -0.25) is 0 Å². The van der Waals surface area contributed by atoms with Crippen LogP contribution in [0.4, 0.5) is 0 Å². The van der Waals surface area contributed by atoms with E-state index in [1.165, 1.54) is 0 Å². The monoisotopic (exact) mass is 403 g/mol. The Hall–Kier alpha value is 3.30. The molecular formula is H4Cl6Cu3+4. The van der Waals surface area contributed by atoms with E-state index < -0.39 is 0 Å². The van der Waals surface area contributed by atoms with Crippen LogP contribution in [0, 0.1) is 40.4 Å². The summed E-state index contributed by atoms with van der Waals surface area (Å²) in [4.78, 5) is 0. The number of halogens is 6. The van der Waals surface area contributed by atoms with Crippen LogP contribution < -0.4 is 0 Å². The van der Waals surface area contributed by atoms with Crippen molar-refractivity contribution in [1.82, 2.24) is 0 Å². The Kier molecular flexibility index (Phi) is 60.9. The molecule has 0 saturated carbocycles. The number of hydrogen-bond acceptors (Lipinski definition) is 0. The van der Waals surface area contributed by atoms with Crippen molar-refractivity contribution in [2.24, 2.45) is 0 Å². The summed E-state index contributed by atoms with van der Waals surface area (Å²) in [7, 11) is 25.8. The summed E-state index contributed by atoms with van der Waals surface area (Å²) in [5.41, 5.74) is 0. The molecule has 0 heterocycles. The second-order valence-electron chi connectivity index (χ2n) is 0.144. The van der Waals surface area contributed by atoms with Gasteiger partial charge in [-0.15, -0.1) is 0 Å². The molecule has 0 N–H and O–H groups in total. The third-order valence-corrected chi connectivity index (χ3v) is 0. The predicted octanol–water partition coefficient (Wildman–Crippen LogP) is 0.301. The van der Waals surface area contributed by atoms with Crippen LogP contribution >= 0.6 is 20.2 Å². The first-order valence-corrected chi connectivity index (χ1v) is 8.91. The Morgan fingerprint density at radius 2 is 0.778 bits per heavy atom. The molecule has 0 rings (SSSR count). The van der Waals surface area contributed by atoms with Gasteiger partial charge in [0.25, 0.3) is 0 Å². The van der Waals surface area contributed by atoms with Crippen molar-refractivity contribution in [3.63, 3.8) is 0 Å². The Balaban J connectivity index is -0.0000000600. The van der Waals surface area contributed by atoms with Crippen LogP contribution in [0.25, 0.3) is 0 Å². The average molecular weight is 407 g/mol. The quantitative estimate of drug-likeness (QED) is 0.507. The van der Waals surface area contributed by atoms with Crippen molar-refractivity contribution < 1.29 is 79.8 Å². The first-order valence-electron chi connectivity index (χ1n) is 0.720. The van der Waals surface area contributed by atoms with E-state index in [1.54, 1.807) is 0 Å². The molecule has 0 nitrogen and oxygen atoms in total. The third-order valence-electron chi connectivity index (χ3n) is 0. The van der Waals surface area contributed by atoms with E-state index in [0.717, 1.165) is 39.4 Å². The molecule has 9 heteroatoms. The van der Waals surface area contributed by atoms with Crippen LogP contribution in [-0.4, -0.2) is 0 Å². The average Bonchev–Trinajstić information content (AvgIpc) is 1.70. The van der Waals surface area contributed by atoms with Crippen molar-refractivity contribution in [2.45, 2.75) is 0 Å². The summed E-state index contributed by atoms with van der Waals surface area (Å²) < 4.78 is 0. The fraction of sp³-hybridized carbons (Fsp3) is 0. The second kappa shape index (κ2) is 30.2. The summed E-state index contributed by atoms with van der Waals surface area (Å²) in [6, 6.07) is 0. The molecule has 9 heavy (non-hydrogen) atoms. The Morgan fingerprint density at radius 1 is 0.778 bits per heavy atom. The molecule has 0 aromatic rings. The third kappa shape index (κ3) is 89.8. The summed E-state index contributed by atoms with van der Waals surface area (Å²) in [6.45, 7) is 0. The van der Waals surface area contributed by atoms with Crippen molar-refractivity contribution >= 4 is 20.2 Å². The van der Waals surface area contributed by atoms with Gasteiger partial charge in [-0.1, -0.05) is 0 Å². The van der Waals surface area contributed by atoms with Crippen LogP contribution in [0.3, 0.4) is 0 Å². The van der Waals surface area contributed by atoms with Gasteiger partial charge in [-0.25, -0.2) is 0 Å². The summed E-state index contributed by atoms with van der Waals surface area (Å²) >= 11 is 2.72. The van der Waals surface area contributed by atoms with E-state index in [2.05, 4.69) is 60.6 Å². The van der Waals surface area contributed by atoms with Gasteiger partial charge < -0.3 is 0 Å². The van der Waals surface area contributed by atoms with Crippen LogP contribution in [0.2, 0.25) is 0 Å². The minimum atomic E-state index is 0.757. The Bertz CT molecular complexity index is 13.0. The van der Waals surface area contributed by atoms with E-state index >= 15 is 0 Å². The molecule has 0 bridgehead atoms. The van der Waals surface area contributed by atoms with E-state index in [-0.39, 0.29) is 0 Å². The van der Waals surface area contributed by atoms with Gasteiger partial charge in [-0.05, 0) is 0 Å². The van der Waals surface area contributed by atoms with Crippen LogP contribution in [0.1, 0.15) is 0 Å². The van der Waals surface area contributed by atoms with Crippen LogP contribution in [-0.2, 0) is 39.4 Å². The normalized spacial score (nSPS) is 7.33. The maximum atomic E-state index is 4.67. The van der Waals surface area contributed by atoms with Gasteiger partial charge in [0.05, 0.1) is 0 Å². The zero-order valence-electron chi connectivity index (χ0n) is 3.29. The van der Waals surface area contributed by atoms with Gasteiger partial charge >= 0.3 is 100.0 Å². The standard InChI is InChI=1S/6ClH.3Cu/h6*1H;;;/q;;;;;;3*+2/p-2. The first kappa shape index (κ1) is 18.2. The summed E-state index contributed by atoms with van der Waals surface area (Å²) in [5.74, 6) is 0. The Morgan fingerprint density at radius 3 is 0.778 bits per heavy atom. The molecule has 0 saturated heterocycles. The summed E-state index contributed by atoms with van der Waals surface area (Å²) in [5, 5.41) is 0. The molecule has 0 fully saturated rings. The van der Waals surface area contributed by atoms with Crippen molar-refractivity contribution in [3.8, 4) is 0 Å². The van der Waals surface area contributed by atoms with Gasteiger partial charge in [0.15, 0.2) is 0 Å². The molecular weight excluding hydrogens is 403 g/mol. The van der Waals surface area contributed by atoms with E-state index in [0.29, 0.717) is 0 Å². The van der Waals surface area contributed by atoms with Crippen molar-refractivity contribution in [3.05, 3.63) is 0 Å².